The standard InChI is InChI=1S/C27H51N9.CH4/c1-25(2,3)34-16-10-31(11-17-34)22-28-23(32-12-18-35(19-13-32)26(4,5)6)30-24(29-22)33-14-20-36(21-15-33)27(7,8)9;/h10-21H2,1-9H3;1H4. The first-order chi connectivity index (χ1) is 16.7. The number of anilines is 3. The number of aromatic nitrogens is 3. The quantitative estimate of drug-likeness (QED) is 0.601. The molecule has 0 spiro atoms. The summed E-state index contributed by atoms with van der Waals surface area (Å²) in [5.41, 5.74) is 0.586. The van der Waals surface area contributed by atoms with Crippen molar-refractivity contribution in [1.29, 1.82) is 0 Å². The molecule has 0 aliphatic carbocycles. The van der Waals surface area contributed by atoms with Crippen LogP contribution in [0.5, 0.6) is 0 Å². The van der Waals surface area contributed by atoms with Gasteiger partial charge in [-0.25, -0.2) is 0 Å². The van der Waals surface area contributed by atoms with Crippen LogP contribution in [0.25, 0.3) is 0 Å². The molecule has 0 atom stereocenters. The third-order valence-electron chi connectivity index (χ3n) is 8.13. The first-order valence-corrected chi connectivity index (χ1v) is 14.0. The molecule has 0 aromatic carbocycles. The van der Waals surface area contributed by atoms with E-state index in [4.69, 9.17) is 15.0 Å². The van der Waals surface area contributed by atoms with Gasteiger partial charge in [-0.3, -0.25) is 14.7 Å². The Bertz CT molecular complexity index is 733. The van der Waals surface area contributed by atoms with E-state index in [0.717, 1.165) is 96.4 Å². The molecular formula is C28H55N9. The molecule has 1 aromatic rings. The van der Waals surface area contributed by atoms with Crippen LogP contribution in [0.4, 0.5) is 17.8 Å². The third kappa shape index (κ3) is 7.24. The lowest BCUT2D eigenvalue weighted by atomic mass is 10.1. The fraction of sp³-hybridized carbons (Fsp3) is 0.893. The van der Waals surface area contributed by atoms with Crippen LogP contribution in [0.3, 0.4) is 0 Å². The van der Waals surface area contributed by atoms with Crippen molar-refractivity contribution in [2.45, 2.75) is 86.4 Å². The lowest BCUT2D eigenvalue weighted by Crippen LogP contribution is -2.55. The van der Waals surface area contributed by atoms with Crippen molar-refractivity contribution in [1.82, 2.24) is 29.7 Å². The minimum Gasteiger partial charge on any atom is -0.338 e. The van der Waals surface area contributed by atoms with E-state index in [1.165, 1.54) is 0 Å². The van der Waals surface area contributed by atoms with Gasteiger partial charge in [0.1, 0.15) is 0 Å². The molecule has 3 saturated heterocycles. The van der Waals surface area contributed by atoms with E-state index in [-0.39, 0.29) is 24.0 Å². The van der Waals surface area contributed by atoms with Gasteiger partial charge in [0, 0.05) is 95.2 Å². The maximum absolute atomic E-state index is 5.06. The fourth-order valence-corrected chi connectivity index (χ4v) is 5.50. The lowest BCUT2D eigenvalue weighted by Gasteiger charge is -2.44. The molecular weight excluding hydrogens is 462 g/mol. The number of hydrogen-bond acceptors (Lipinski definition) is 9. The molecule has 0 radical (unpaired) electrons. The minimum atomic E-state index is 0. The van der Waals surface area contributed by atoms with Crippen LogP contribution in [-0.4, -0.2) is 125 Å². The van der Waals surface area contributed by atoms with Crippen molar-refractivity contribution in [2.75, 3.05) is 93.2 Å². The molecule has 9 nitrogen and oxygen atoms in total. The summed E-state index contributed by atoms with van der Waals surface area (Å²) in [4.78, 5) is 30.0. The second kappa shape index (κ2) is 11.2. The second-order valence-corrected chi connectivity index (χ2v) is 13.7. The van der Waals surface area contributed by atoms with E-state index >= 15 is 0 Å². The highest BCUT2D eigenvalue weighted by molar-refractivity contribution is 5.47. The average molecular weight is 518 g/mol. The minimum absolute atomic E-state index is 0. The maximum atomic E-state index is 5.06. The van der Waals surface area contributed by atoms with Crippen LogP contribution < -0.4 is 14.7 Å². The largest absolute Gasteiger partial charge is 0.338 e. The van der Waals surface area contributed by atoms with E-state index in [0.29, 0.717) is 0 Å². The second-order valence-electron chi connectivity index (χ2n) is 13.7. The molecule has 4 rings (SSSR count). The van der Waals surface area contributed by atoms with Gasteiger partial charge in [-0.15, -0.1) is 0 Å². The van der Waals surface area contributed by atoms with Gasteiger partial charge in [-0.05, 0) is 62.3 Å². The number of hydrogen-bond donors (Lipinski definition) is 0. The highest BCUT2D eigenvalue weighted by Gasteiger charge is 2.32. The molecule has 0 N–H and O–H groups in total. The normalized spacial score (nSPS) is 21.8. The van der Waals surface area contributed by atoms with Crippen molar-refractivity contribution >= 4 is 17.8 Å². The monoisotopic (exact) mass is 517 g/mol. The summed E-state index contributed by atoms with van der Waals surface area (Å²) in [5, 5.41) is 0. The van der Waals surface area contributed by atoms with Crippen LogP contribution >= 0.6 is 0 Å². The predicted octanol–water partition coefficient (Wildman–Crippen LogP) is 3.27. The summed E-state index contributed by atoms with van der Waals surface area (Å²) >= 11 is 0. The van der Waals surface area contributed by atoms with Crippen molar-refractivity contribution in [3.8, 4) is 0 Å². The molecule has 4 heterocycles. The summed E-state index contributed by atoms with van der Waals surface area (Å²) in [6, 6.07) is 0. The first kappa shape index (κ1) is 29.8. The van der Waals surface area contributed by atoms with Gasteiger partial charge in [-0.1, -0.05) is 7.43 Å². The molecule has 3 aliphatic heterocycles. The summed E-state index contributed by atoms with van der Waals surface area (Å²) in [7, 11) is 0. The Balaban J connectivity index is 0.00000380. The van der Waals surface area contributed by atoms with Gasteiger partial charge in [0.15, 0.2) is 0 Å². The Morgan fingerprint density at radius 1 is 0.378 bits per heavy atom. The molecule has 212 valence electrons. The zero-order valence-electron chi connectivity index (χ0n) is 24.5. The number of piperazine rings is 3. The van der Waals surface area contributed by atoms with Crippen LogP contribution in [-0.2, 0) is 0 Å². The number of nitrogens with zero attached hydrogens (tertiary/aromatic N) is 9. The average Bonchev–Trinajstić information content (AvgIpc) is 2.82. The van der Waals surface area contributed by atoms with Gasteiger partial charge in [0.25, 0.3) is 0 Å². The Morgan fingerprint density at radius 2 is 0.568 bits per heavy atom. The molecule has 3 aliphatic rings. The van der Waals surface area contributed by atoms with E-state index in [1.54, 1.807) is 0 Å². The van der Waals surface area contributed by atoms with Gasteiger partial charge in [0.05, 0.1) is 0 Å². The summed E-state index contributed by atoms with van der Waals surface area (Å²) in [5.74, 6) is 2.54. The summed E-state index contributed by atoms with van der Waals surface area (Å²) in [6.45, 7) is 32.7. The molecule has 0 bridgehead atoms. The molecule has 0 unspecified atom stereocenters. The Kier molecular flexibility index (Phi) is 9.02. The molecule has 0 saturated carbocycles. The smallest absolute Gasteiger partial charge is 0.232 e. The van der Waals surface area contributed by atoms with E-state index < -0.39 is 0 Å². The number of rotatable bonds is 3. The van der Waals surface area contributed by atoms with Crippen LogP contribution in [0, 0.1) is 0 Å². The molecule has 1 aromatic heterocycles. The van der Waals surface area contributed by atoms with Crippen LogP contribution in [0.1, 0.15) is 69.7 Å². The Hall–Kier alpha value is -1.71. The molecule has 37 heavy (non-hydrogen) atoms. The van der Waals surface area contributed by atoms with Gasteiger partial charge in [0.2, 0.25) is 17.8 Å². The topological polar surface area (TPSA) is 58.1 Å². The zero-order chi connectivity index (χ0) is 26.3. The first-order valence-electron chi connectivity index (χ1n) is 14.0. The van der Waals surface area contributed by atoms with E-state index in [2.05, 4.69) is 91.7 Å². The molecule has 0 amide bonds. The third-order valence-corrected chi connectivity index (χ3v) is 8.13. The van der Waals surface area contributed by atoms with Crippen LogP contribution in [0.2, 0.25) is 0 Å². The fourth-order valence-electron chi connectivity index (χ4n) is 5.50. The van der Waals surface area contributed by atoms with Crippen molar-refractivity contribution in [3.05, 3.63) is 0 Å². The van der Waals surface area contributed by atoms with Crippen LogP contribution in [0.15, 0.2) is 0 Å². The lowest BCUT2D eigenvalue weighted by molar-refractivity contribution is 0.127. The SMILES string of the molecule is C.CC(C)(C)N1CCN(c2nc(N3CCN(C(C)(C)C)CC3)nc(N3CCN(C(C)(C)C)CC3)n2)CC1. The molecule has 9 heteroatoms. The van der Waals surface area contributed by atoms with E-state index in [9.17, 15) is 0 Å². The van der Waals surface area contributed by atoms with Gasteiger partial charge >= 0.3 is 0 Å². The highest BCUT2D eigenvalue weighted by atomic mass is 15.4. The van der Waals surface area contributed by atoms with Crippen molar-refractivity contribution in [3.63, 3.8) is 0 Å². The zero-order valence-corrected chi connectivity index (χ0v) is 24.5. The highest BCUT2D eigenvalue weighted by Crippen LogP contribution is 2.26. The van der Waals surface area contributed by atoms with Crippen molar-refractivity contribution < 1.29 is 0 Å². The molecule has 3 fully saturated rings. The van der Waals surface area contributed by atoms with Gasteiger partial charge in [-0.2, -0.15) is 15.0 Å². The Labute approximate surface area is 227 Å². The Morgan fingerprint density at radius 3 is 0.730 bits per heavy atom. The predicted molar refractivity (Wildman–Crippen MR) is 157 cm³/mol. The van der Waals surface area contributed by atoms with E-state index in [1.807, 2.05) is 0 Å². The summed E-state index contributed by atoms with van der Waals surface area (Å²) < 4.78 is 0. The maximum Gasteiger partial charge on any atom is 0.232 e. The van der Waals surface area contributed by atoms with Crippen molar-refractivity contribution in [2.24, 2.45) is 0 Å². The van der Waals surface area contributed by atoms with Gasteiger partial charge < -0.3 is 14.7 Å². The summed E-state index contributed by atoms with van der Waals surface area (Å²) in [6.07, 6.45) is 0.